The number of carbonyl (C=O) groups excluding carboxylic acids is 1. The normalized spacial score (nSPS) is 20.1. The van der Waals surface area contributed by atoms with Gasteiger partial charge in [0, 0.05) is 30.1 Å². The van der Waals surface area contributed by atoms with Crippen LogP contribution in [0.5, 0.6) is 0 Å². The van der Waals surface area contributed by atoms with Gasteiger partial charge in [0.2, 0.25) is 0 Å². The zero-order valence-corrected chi connectivity index (χ0v) is 18.7. The maximum atomic E-state index is 13.0. The van der Waals surface area contributed by atoms with E-state index < -0.39 is 0 Å². The van der Waals surface area contributed by atoms with Crippen molar-refractivity contribution < 1.29 is 4.79 Å². The first-order valence-electron chi connectivity index (χ1n) is 11.4. The smallest absolute Gasteiger partial charge is 0.136 e. The minimum absolute atomic E-state index is 0.0395. The molecule has 31 heavy (non-hydrogen) atoms. The van der Waals surface area contributed by atoms with Crippen molar-refractivity contribution in [1.82, 2.24) is 4.98 Å². The van der Waals surface area contributed by atoms with Crippen LogP contribution in [-0.2, 0) is 17.6 Å². The van der Waals surface area contributed by atoms with E-state index in [9.17, 15) is 4.79 Å². The lowest BCUT2D eigenvalue weighted by Crippen LogP contribution is -2.19. The Kier molecular flexibility index (Phi) is 8.35. The monoisotopic (exact) mass is 411 g/mol. The molecule has 160 valence electrons. The minimum atomic E-state index is 0.0395. The molecule has 0 spiro atoms. The predicted octanol–water partition coefficient (Wildman–Crippen LogP) is 6.92. The van der Waals surface area contributed by atoms with Gasteiger partial charge in [-0.15, -0.1) is 0 Å². The van der Waals surface area contributed by atoms with E-state index in [1.165, 1.54) is 11.1 Å². The lowest BCUT2D eigenvalue weighted by atomic mass is 9.80. The van der Waals surface area contributed by atoms with Crippen LogP contribution in [0.4, 0.5) is 0 Å². The number of pyridine rings is 1. The Morgan fingerprint density at radius 3 is 2.29 bits per heavy atom. The van der Waals surface area contributed by atoms with E-state index in [1.807, 2.05) is 44.3 Å². The van der Waals surface area contributed by atoms with Crippen LogP contribution in [0.25, 0.3) is 6.08 Å². The number of nitrogens with zero attached hydrogens (tertiary/aromatic N) is 1. The molecule has 1 heterocycles. The SMILES string of the molecule is C=Cc1ccc(CCC2C(=O)CC(Cc3ccccc3)C2c2ccccn2)cc1.CC. The third-order valence-electron chi connectivity index (χ3n) is 6.15. The molecule has 1 fully saturated rings. The number of aryl methyl sites for hydroxylation is 1. The summed E-state index contributed by atoms with van der Waals surface area (Å²) in [4.78, 5) is 17.7. The highest BCUT2D eigenvalue weighted by Gasteiger charge is 2.43. The summed E-state index contributed by atoms with van der Waals surface area (Å²) in [7, 11) is 0. The van der Waals surface area contributed by atoms with Crippen molar-refractivity contribution in [2.75, 3.05) is 0 Å². The summed E-state index contributed by atoms with van der Waals surface area (Å²) in [5.41, 5.74) is 4.76. The lowest BCUT2D eigenvalue weighted by Gasteiger charge is -2.24. The van der Waals surface area contributed by atoms with Gasteiger partial charge in [-0.25, -0.2) is 0 Å². The van der Waals surface area contributed by atoms with Crippen LogP contribution in [0.1, 0.15) is 55.0 Å². The van der Waals surface area contributed by atoms with Gasteiger partial charge in [0.1, 0.15) is 5.78 Å². The maximum Gasteiger partial charge on any atom is 0.136 e. The van der Waals surface area contributed by atoms with E-state index in [0.29, 0.717) is 18.1 Å². The second-order valence-corrected chi connectivity index (χ2v) is 7.99. The summed E-state index contributed by atoms with van der Waals surface area (Å²) in [6.07, 6.45) is 7.07. The molecule has 3 aromatic rings. The first-order chi connectivity index (χ1) is 15.2. The van der Waals surface area contributed by atoms with Crippen LogP contribution in [0.3, 0.4) is 0 Å². The van der Waals surface area contributed by atoms with Gasteiger partial charge in [-0.3, -0.25) is 9.78 Å². The standard InChI is InChI=1S/C27H27NO.C2H6/c1-2-20-11-13-21(14-12-20)15-16-24-26(29)19-23(18-22-8-4-3-5-9-22)27(24)25-10-6-7-17-28-25;1-2/h2-14,17,23-24,27H,1,15-16,18-19H2;1-2H3. The molecule has 2 heteroatoms. The maximum absolute atomic E-state index is 13.0. The number of hydrogen-bond acceptors (Lipinski definition) is 2. The molecule has 0 amide bonds. The summed E-state index contributed by atoms with van der Waals surface area (Å²) in [5, 5.41) is 0. The molecular formula is C29H33NO. The number of aromatic nitrogens is 1. The highest BCUT2D eigenvalue weighted by Crippen LogP contribution is 2.45. The molecule has 0 radical (unpaired) electrons. The minimum Gasteiger partial charge on any atom is -0.299 e. The van der Waals surface area contributed by atoms with E-state index >= 15 is 0 Å². The quantitative estimate of drug-likeness (QED) is 0.422. The zero-order chi connectivity index (χ0) is 22.1. The number of rotatable bonds is 7. The first-order valence-corrected chi connectivity index (χ1v) is 11.4. The van der Waals surface area contributed by atoms with E-state index in [0.717, 1.165) is 30.5 Å². The summed E-state index contributed by atoms with van der Waals surface area (Å²) >= 11 is 0. The van der Waals surface area contributed by atoms with Gasteiger partial charge in [0.15, 0.2) is 0 Å². The van der Waals surface area contributed by atoms with Gasteiger partial charge in [-0.1, -0.05) is 87.2 Å². The average molecular weight is 412 g/mol. The Labute approximate surface area is 187 Å². The Hall–Kier alpha value is -3.00. The largest absolute Gasteiger partial charge is 0.299 e. The number of carbonyl (C=O) groups is 1. The average Bonchev–Trinajstić information content (AvgIpc) is 3.15. The molecule has 0 aliphatic heterocycles. The Bertz CT molecular complexity index is 947. The van der Waals surface area contributed by atoms with Gasteiger partial charge in [-0.2, -0.15) is 0 Å². The van der Waals surface area contributed by atoms with Crippen LogP contribution in [-0.4, -0.2) is 10.8 Å². The fourth-order valence-electron chi connectivity index (χ4n) is 4.69. The molecule has 2 nitrogen and oxygen atoms in total. The van der Waals surface area contributed by atoms with E-state index in [1.54, 1.807) is 0 Å². The first kappa shape index (κ1) is 22.7. The van der Waals surface area contributed by atoms with Crippen LogP contribution in [0.2, 0.25) is 0 Å². The third-order valence-corrected chi connectivity index (χ3v) is 6.15. The molecule has 3 atom stereocenters. The third kappa shape index (κ3) is 5.79. The van der Waals surface area contributed by atoms with Gasteiger partial charge in [0.05, 0.1) is 0 Å². The Balaban J connectivity index is 0.00000132. The topological polar surface area (TPSA) is 30.0 Å². The fourth-order valence-corrected chi connectivity index (χ4v) is 4.69. The molecule has 0 bridgehead atoms. The number of benzene rings is 2. The van der Waals surface area contributed by atoms with E-state index in [4.69, 9.17) is 0 Å². The van der Waals surface area contributed by atoms with Crippen LogP contribution in [0.15, 0.2) is 85.6 Å². The van der Waals surface area contributed by atoms with Crippen molar-refractivity contribution in [3.05, 3.63) is 108 Å². The van der Waals surface area contributed by atoms with Crippen LogP contribution >= 0.6 is 0 Å². The summed E-state index contributed by atoms with van der Waals surface area (Å²) in [6.45, 7) is 7.81. The summed E-state index contributed by atoms with van der Waals surface area (Å²) < 4.78 is 0. The number of ketones is 1. The molecule has 2 aromatic carbocycles. The molecule has 0 N–H and O–H groups in total. The molecular weight excluding hydrogens is 378 g/mol. The number of Topliss-reactive ketones (excluding diaryl/α,β-unsaturated/α-hetero) is 1. The van der Waals surface area contributed by atoms with Crippen molar-refractivity contribution in [2.24, 2.45) is 11.8 Å². The molecule has 1 aliphatic rings. The Morgan fingerprint density at radius 2 is 1.65 bits per heavy atom. The van der Waals surface area contributed by atoms with Crippen LogP contribution < -0.4 is 0 Å². The zero-order valence-electron chi connectivity index (χ0n) is 18.7. The van der Waals surface area contributed by atoms with Gasteiger partial charge in [-0.05, 0) is 54.0 Å². The van der Waals surface area contributed by atoms with Gasteiger partial charge < -0.3 is 0 Å². The Morgan fingerprint density at radius 1 is 0.935 bits per heavy atom. The van der Waals surface area contributed by atoms with Gasteiger partial charge >= 0.3 is 0 Å². The summed E-state index contributed by atoms with van der Waals surface area (Å²) in [6, 6.07) is 25.1. The van der Waals surface area contributed by atoms with Crippen molar-refractivity contribution >= 4 is 11.9 Å². The highest BCUT2D eigenvalue weighted by atomic mass is 16.1. The number of hydrogen-bond donors (Lipinski definition) is 0. The molecule has 4 rings (SSSR count). The van der Waals surface area contributed by atoms with Gasteiger partial charge in [0.25, 0.3) is 0 Å². The van der Waals surface area contributed by atoms with Crippen molar-refractivity contribution in [2.45, 2.75) is 45.4 Å². The van der Waals surface area contributed by atoms with Crippen molar-refractivity contribution in [3.8, 4) is 0 Å². The lowest BCUT2D eigenvalue weighted by molar-refractivity contribution is -0.121. The molecule has 0 saturated heterocycles. The molecule has 1 aliphatic carbocycles. The fraction of sp³-hybridized carbons (Fsp3) is 0.310. The molecule has 3 unspecified atom stereocenters. The molecule has 1 aromatic heterocycles. The van der Waals surface area contributed by atoms with E-state index in [-0.39, 0.29) is 11.8 Å². The predicted molar refractivity (Wildman–Crippen MR) is 130 cm³/mol. The second kappa shape index (κ2) is 11.4. The van der Waals surface area contributed by atoms with E-state index in [2.05, 4.69) is 66.2 Å². The van der Waals surface area contributed by atoms with Crippen molar-refractivity contribution in [3.63, 3.8) is 0 Å². The highest BCUT2D eigenvalue weighted by molar-refractivity contribution is 5.85. The van der Waals surface area contributed by atoms with Crippen molar-refractivity contribution in [1.29, 1.82) is 0 Å². The molecule has 1 saturated carbocycles. The summed E-state index contributed by atoms with van der Waals surface area (Å²) in [5.74, 6) is 0.936. The van der Waals surface area contributed by atoms with Crippen LogP contribution in [0, 0.1) is 11.8 Å². The second-order valence-electron chi connectivity index (χ2n) is 7.99.